The lowest BCUT2D eigenvalue weighted by atomic mass is 10.2. The number of carbonyl (C=O) groups excluding carboxylic acids is 1. The van der Waals surface area contributed by atoms with Gasteiger partial charge in [-0.15, -0.1) is 0 Å². The molecule has 0 aromatic heterocycles. The zero-order valence-corrected chi connectivity index (χ0v) is 9.16. The minimum Gasteiger partial charge on any atom is -0.376 e. The van der Waals surface area contributed by atoms with Crippen molar-refractivity contribution >= 4 is 5.91 Å². The molecule has 4 heteroatoms. The summed E-state index contributed by atoms with van der Waals surface area (Å²) < 4.78 is 10.7. The first-order valence-electron chi connectivity index (χ1n) is 5.05. The summed E-state index contributed by atoms with van der Waals surface area (Å²) >= 11 is 0. The molecule has 1 rings (SSSR count). The van der Waals surface area contributed by atoms with Crippen LogP contribution in [0.2, 0.25) is 0 Å². The summed E-state index contributed by atoms with van der Waals surface area (Å²) in [6.45, 7) is 6.31. The molecule has 4 nitrogen and oxygen atoms in total. The smallest absolute Gasteiger partial charge is 0.224 e. The molecule has 1 atom stereocenters. The first-order valence-corrected chi connectivity index (χ1v) is 5.05. The molecular formula is C10H19NO3. The zero-order chi connectivity index (χ0) is 10.6. The van der Waals surface area contributed by atoms with Gasteiger partial charge in [-0.2, -0.15) is 0 Å². The minimum absolute atomic E-state index is 0.0384. The monoisotopic (exact) mass is 201 g/mol. The molecule has 0 spiro atoms. The van der Waals surface area contributed by atoms with Crippen molar-refractivity contribution in [2.45, 2.75) is 20.0 Å². The number of amides is 1. The fourth-order valence-corrected chi connectivity index (χ4v) is 1.48. The molecule has 1 heterocycles. The van der Waals surface area contributed by atoms with Crippen LogP contribution in [0, 0.1) is 5.92 Å². The Kier molecular flexibility index (Phi) is 4.35. The van der Waals surface area contributed by atoms with Crippen LogP contribution in [0.25, 0.3) is 0 Å². The van der Waals surface area contributed by atoms with Crippen LogP contribution in [0.5, 0.6) is 0 Å². The highest BCUT2D eigenvalue weighted by Crippen LogP contribution is 2.05. The normalized spacial score (nSPS) is 22.4. The number of nitrogens with zero attached hydrogens (tertiary/aromatic N) is 1. The van der Waals surface area contributed by atoms with Gasteiger partial charge in [-0.3, -0.25) is 4.79 Å². The van der Waals surface area contributed by atoms with Gasteiger partial charge in [0.15, 0.2) is 0 Å². The van der Waals surface area contributed by atoms with E-state index in [9.17, 15) is 4.79 Å². The second kappa shape index (κ2) is 5.32. The summed E-state index contributed by atoms with van der Waals surface area (Å²) in [5.74, 6) is 0.198. The van der Waals surface area contributed by atoms with Gasteiger partial charge in [0.1, 0.15) is 0 Å². The molecule has 1 aliphatic rings. The average Bonchev–Trinajstić information content (AvgIpc) is 2.18. The molecule has 0 aromatic rings. The molecule has 0 aliphatic carbocycles. The van der Waals surface area contributed by atoms with E-state index in [0.29, 0.717) is 26.4 Å². The molecule has 1 amide bonds. The van der Waals surface area contributed by atoms with E-state index in [0.717, 1.165) is 0 Å². The molecule has 14 heavy (non-hydrogen) atoms. The van der Waals surface area contributed by atoms with Crippen molar-refractivity contribution < 1.29 is 14.3 Å². The maximum absolute atomic E-state index is 11.5. The van der Waals surface area contributed by atoms with Crippen molar-refractivity contribution in [3.8, 4) is 0 Å². The van der Waals surface area contributed by atoms with E-state index >= 15 is 0 Å². The Morgan fingerprint density at radius 1 is 1.50 bits per heavy atom. The summed E-state index contributed by atoms with van der Waals surface area (Å²) in [4.78, 5) is 13.3. The predicted molar refractivity (Wildman–Crippen MR) is 53.0 cm³/mol. The number of ether oxygens (including phenoxy) is 2. The standard InChI is InChI=1S/C10H19NO3/c1-8(2)10(12)11(3)6-9-7-13-4-5-14-9/h8-9H,4-7H2,1-3H3. The Hall–Kier alpha value is -0.610. The Labute approximate surface area is 85.2 Å². The highest BCUT2D eigenvalue weighted by atomic mass is 16.6. The maximum Gasteiger partial charge on any atom is 0.224 e. The van der Waals surface area contributed by atoms with Crippen molar-refractivity contribution in [1.82, 2.24) is 4.90 Å². The first kappa shape index (κ1) is 11.5. The van der Waals surface area contributed by atoms with Crippen LogP contribution in [0.1, 0.15) is 13.8 Å². The molecular weight excluding hydrogens is 182 g/mol. The summed E-state index contributed by atoms with van der Waals surface area (Å²) in [6, 6.07) is 0. The van der Waals surface area contributed by atoms with E-state index in [-0.39, 0.29) is 17.9 Å². The fraction of sp³-hybridized carbons (Fsp3) is 0.900. The average molecular weight is 201 g/mol. The van der Waals surface area contributed by atoms with Gasteiger partial charge < -0.3 is 14.4 Å². The second-order valence-corrected chi connectivity index (χ2v) is 3.94. The number of rotatable bonds is 3. The third kappa shape index (κ3) is 3.27. The molecule has 0 radical (unpaired) electrons. The van der Waals surface area contributed by atoms with E-state index < -0.39 is 0 Å². The van der Waals surface area contributed by atoms with Crippen LogP contribution in [0.3, 0.4) is 0 Å². The van der Waals surface area contributed by atoms with Gasteiger partial charge in [-0.05, 0) is 0 Å². The SMILES string of the molecule is CC(C)C(=O)N(C)CC1COCCO1. The maximum atomic E-state index is 11.5. The van der Waals surface area contributed by atoms with E-state index in [2.05, 4.69) is 0 Å². The number of hydrogen-bond acceptors (Lipinski definition) is 3. The number of carbonyl (C=O) groups is 1. The predicted octanol–water partition coefficient (Wildman–Crippen LogP) is 0.516. The topological polar surface area (TPSA) is 38.8 Å². The van der Waals surface area contributed by atoms with Crippen molar-refractivity contribution in [3.63, 3.8) is 0 Å². The third-order valence-corrected chi connectivity index (χ3v) is 2.23. The van der Waals surface area contributed by atoms with E-state index in [1.165, 1.54) is 0 Å². The van der Waals surface area contributed by atoms with Gasteiger partial charge in [0, 0.05) is 19.5 Å². The molecule has 1 fully saturated rings. The molecule has 1 aliphatic heterocycles. The molecule has 0 bridgehead atoms. The van der Waals surface area contributed by atoms with Crippen LogP contribution in [-0.4, -0.2) is 50.3 Å². The van der Waals surface area contributed by atoms with Crippen molar-refractivity contribution in [2.24, 2.45) is 5.92 Å². The van der Waals surface area contributed by atoms with Crippen LogP contribution in [0.15, 0.2) is 0 Å². The fourth-order valence-electron chi connectivity index (χ4n) is 1.48. The highest BCUT2D eigenvalue weighted by molar-refractivity contribution is 5.77. The second-order valence-electron chi connectivity index (χ2n) is 3.94. The summed E-state index contributed by atoms with van der Waals surface area (Å²) in [5, 5.41) is 0. The van der Waals surface area contributed by atoms with Gasteiger partial charge in [0.05, 0.1) is 25.9 Å². The number of likely N-dealkylation sites (N-methyl/N-ethyl adjacent to an activating group) is 1. The molecule has 0 N–H and O–H groups in total. The first-order chi connectivity index (χ1) is 6.61. The summed E-state index contributed by atoms with van der Waals surface area (Å²) in [5.41, 5.74) is 0. The van der Waals surface area contributed by atoms with Crippen molar-refractivity contribution in [3.05, 3.63) is 0 Å². The van der Waals surface area contributed by atoms with Crippen LogP contribution in [0.4, 0.5) is 0 Å². The van der Waals surface area contributed by atoms with Gasteiger partial charge in [-0.1, -0.05) is 13.8 Å². The van der Waals surface area contributed by atoms with Crippen LogP contribution < -0.4 is 0 Å². The summed E-state index contributed by atoms with van der Waals surface area (Å²) in [6.07, 6.45) is 0.0384. The largest absolute Gasteiger partial charge is 0.376 e. The van der Waals surface area contributed by atoms with Crippen molar-refractivity contribution in [2.75, 3.05) is 33.4 Å². The highest BCUT2D eigenvalue weighted by Gasteiger charge is 2.20. The van der Waals surface area contributed by atoms with E-state index in [4.69, 9.17) is 9.47 Å². The van der Waals surface area contributed by atoms with Gasteiger partial charge in [0.2, 0.25) is 5.91 Å². The summed E-state index contributed by atoms with van der Waals surface area (Å²) in [7, 11) is 1.81. The third-order valence-electron chi connectivity index (χ3n) is 2.23. The minimum atomic E-state index is 0.0384. The number of hydrogen-bond donors (Lipinski definition) is 0. The van der Waals surface area contributed by atoms with Gasteiger partial charge in [0.25, 0.3) is 0 Å². The molecule has 0 aromatic carbocycles. The van der Waals surface area contributed by atoms with Gasteiger partial charge >= 0.3 is 0 Å². The lowest BCUT2D eigenvalue weighted by molar-refractivity contribution is -0.139. The zero-order valence-electron chi connectivity index (χ0n) is 9.16. The Morgan fingerprint density at radius 3 is 2.71 bits per heavy atom. The van der Waals surface area contributed by atoms with Crippen molar-refractivity contribution in [1.29, 1.82) is 0 Å². The van der Waals surface area contributed by atoms with E-state index in [1.54, 1.807) is 11.9 Å². The Balaban J connectivity index is 2.31. The van der Waals surface area contributed by atoms with Crippen LogP contribution >= 0.6 is 0 Å². The molecule has 82 valence electrons. The molecule has 1 unspecified atom stereocenters. The molecule has 1 saturated heterocycles. The van der Waals surface area contributed by atoms with Gasteiger partial charge in [-0.25, -0.2) is 0 Å². The van der Waals surface area contributed by atoms with E-state index in [1.807, 2.05) is 13.8 Å². The van der Waals surface area contributed by atoms with Crippen LogP contribution in [-0.2, 0) is 14.3 Å². The molecule has 0 saturated carbocycles. The lowest BCUT2D eigenvalue weighted by Gasteiger charge is -2.28. The lowest BCUT2D eigenvalue weighted by Crippen LogP contribution is -2.42. The quantitative estimate of drug-likeness (QED) is 0.668. The Morgan fingerprint density at radius 2 is 2.21 bits per heavy atom. The Bertz CT molecular complexity index is 188.